The van der Waals surface area contributed by atoms with E-state index in [-0.39, 0.29) is 35.7 Å². The quantitative estimate of drug-likeness (QED) is 0.194. The van der Waals surface area contributed by atoms with Crippen LogP contribution in [-0.4, -0.2) is 66.3 Å². The van der Waals surface area contributed by atoms with Crippen molar-refractivity contribution in [2.45, 2.75) is 51.0 Å². The monoisotopic (exact) mass is 437 g/mol. The first-order valence-corrected chi connectivity index (χ1v) is 10.8. The summed E-state index contributed by atoms with van der Waals surface area (Å²) in [4.78, 5) is 31.1. The number of guanidine groups is 1. The summed E-state index contributed by atoms with van der Waals surface area (Å²) in [6.45, 7) is 4.32. The molecule has 0 radical (unpaired) electrons. The van der Waals surface area contributed by atoms with Gasteiger partial charge in [0.2, 0.25) is 5.91 Å². The van der Waals surface area contributed by atoms with E-state index < -0.39 is 6.04 Å². The van der Waals surface area contributed by atoms with Gasteiger partial charge in [0.05, 0.1) is 30.7 Å². The molecule has 1 aromatic rings. The van der Waals surface area contributed by atoms with Crippen LogP contribution in [-0.2, 0) is 20.9 Å². The minimum atomic E-state index is -0.646. The fourth-order valence-electron chi connectivity index (χ4n) is 3.57. The van der Waals surface area contributed by atoms with Crippen LogP contribution in [0.4, 0.5) is 0 Å². The van der Waals surface area contributed by atoms with Crippen molar-refractivity contribution < 1.29 is 14.3 Å². The Morgan fingerprint density at radius 3 is 2.70 bits per heavy atom. The summed E-state index contributed by atoms with van der Waals surface area (Å²) in [7, 11) is 0. The highest BCUT2D eigenvalue weighted by atomic mass is 35.5. The third kappa shape index (κ3) is 7.59. The topological polar surface area (TPSA) is 123 Å². The Balaban J connectivity index is 1.91. The van der Waals surface area contributed by atoms with E-state index in [9.17, 15) is 9.59 Å². The zero-order valence-corrected chi connectivity index (χ0v) is 18.2. The van der Waals surface area contributed by atoms with Crippen molar-refractivity contribution in [3.05, 3.63) is 35.9 Å². The van der Waals surface area contributed by atoms with Gasteiger partial charge in [-0.05, 0) is 31.4 Å². The number of amides is 1. The summed E-state index contributed by atoms with van der Waals surface area (Å²) < 4.78 is 6.03. The van der Waals surface area contributed by atoms with Crippen LogP contribution in [0.25, 0.3) is 0 Å². The summed E-state index contributed by atoms with van der Waals surface area (Å²) in [6, 6.07) is 8.97. The molecule has 8 nitrogen and oxygen atoms in total. The molecule has 1 heterocycles. The normalized spacial score (nSPS) is 19.9. The van der Waals surface area contributed by atoms with Crippen LogP contribution in [0, 0.1) is 0 Å². The highest BCUT2D eigenvalue weighted by molar-refractivity contribution is 6.28. The van der Waals surface area contributed by atoms with Gasteiger partial charge >= 0.3 is 0 Å². The van der Waals surface area contributed by atoms with Gasteiger partial charge in [0.1, 0.15) is 0 Å². The van der Waals surface area contributed by atoms with Crippen LogP contribution in [0.3, 0.4) is 0 Å². The fourth-order valence-corrected chi connectivity index (χ4v) is 3.76. The van der Waals surface area contributed by atoms with Crippen molar-refractivity contribution in [2.24, 2.45) is 16.5 Å². The van der Waals surface area contributed by atoms with Gasteiger partial charge in [0, 0.05) is 13.1 Å². The molecule has 3 atom stereocenters. The number of carbonyl (C=O) groups excluding carboxylic acids is 2. The number of benzene rings is 1. The summed E-state index contributed by atoms with van der Waals surface area (Å²) >= 11 is 5.73. The number of nitrogens with two attached hydrogens (primary N) is 2. The van der Waals surface area contributed by atoms with Gasteiger partial charge in [-0.2, -0.15) is 0 Å². The van der Waals surface area contributed by atoms with Crippen molar-refractivity contribution in [1.82, 2.24) is 10.2 Å². The van der Waals surface area contributed by atoms with E-state index in [4.69, 9.17) is 27.8 Å². The average Bonchev–Trinajstić information content (AvgIpc) is 3.18. The molecule has 1 fully saturated rings. The molecule has 1 saturated heterocycles. The first kappa shape index (κ1) is 24.1. The zero-order chi connectivity index (χ0) is 21.9. The van der Waals surface area contributed by atoms with Gasteiger partial charge in [-0.25, -0.2) is 0 Å². The van der Waals surface area contributed by atoms with Crippen molar-refractivity contribution >= 4 is 29.3 Å². The number of carbonyl (C=O) groups is 2. The lowest BCUT2D eigenvalue weighted by molar-refractivity contribution is -0.130. The van der Waals surface area contributed by atoms with Crippen LogP contribution in [0.5, 0.6) is 0 Å². The third-order valence-corrected chi connectivity index (χ3v) is 5.45. The van der Waals surface area contributed by atoms with Gasteiger partial charge in [-0.3, -0.25) is 19.5 Å². The van der Waals surface area contributed by atoms with E-state index in [1.165, 1.54) is 0 Å². The lowest BCUT2D eigenvalue weighted by Crippen LogP contribution is -2.49. The van der Waals surface area contributed by atoms with E-state index in [1.807, 2.05) is 37.3 Å². The number of ether oxygens (including phenoxy) is 1. The maximum atomic E-state index is 12.9. The molecule has 30 heavy (non-hydrogen) atoms. The summed E-state index contributed by atoms with van der Waals surface area (Å²) in [6.07, 6.45) is 1.55. The minimum absolute atomic E-state index is 0.00495. The van der Waals surface area contributed by atoms with Crippen molar-refractivity contribution in [3.8, 4) is 0 Å². The van der Waals surface area contributed by atoms with Gasteiger partial charge in [0.25, 0.3) is 0 Å². The number of alkyl halides is 1. The predicted molar refractivity (Wildman–Crippen MR) is 118 cm³/mol. The fraction of sp³-hybridized carbons (Fsp3) is 0.571. The lowest BCUT2D eigenvalue weighted by Gasteiger charge is -2.24. The molecular formula is C21H32ClN5O3. The van der Waals surface area contributed by atoms with E-state index >= 15 is 0 Å². The number of hydrogen-bond donors (Lipinski definition) is 3. The van der Waals surface area contributed by atoms with Gasteiger partial charge in [-0.1, -0.05) is 37.3 Å². The zero-order valence-electron chi connectivity index (χ0n) is 17.4. The number of aliphatic imine (C=N–C) groups is 1. The van der Waals surface area contributed by atoms with Crippen LogP contribution in [0.15, 0.2) is 35.3 Å². The number of nitrogens with zero attached hydrogens (tertiary/aromatic N) is 2. The molecule has 1 aliphatic rings. The lowest BCUT2D eigenvalue weighted by atomic mass is 10.1. The van der Waals surface area contributed by atoms with Crippen molar-refractivity contribution in [1.29, 1.82) is 0 Å². The average molecular weight is 438 g/mol. The molecule has 0 spiro atoms. The number of likely N-dealkylation sites (tertiary alicyclic amines) is 1. The second kappa shape index (κ2) is 12.5. The summed E-state index contributed by atoms with van der Waals surface area (Å²) in [5.74, 6) is -0.538. The molecule has 2 rings (SSSR count). The Morgan fingerprint density at radius 2 is 2.07 bits per heavy atom. The molecule has 0 unspecified atom stereocenters. The molecule has 5 N–H and O–H groups in total. The Kier molecular flexibility index (Phi) is 10.1. The molecule has 0 saturated carbocycles. The SMILES string of the molecule is CCN1C[C@H](OCc2ccccc2)C[C@H]1C(=O)N[C@@H](CCCN=C(N)N)C(=O)CCl. The molecule has 1 amide bonds. The highest BCUT2D eigenvalue weighted by Crippen LogP contribution is 2.22. The van der Waals surface area contributed by atoms with E-state index in [0.29, 0.717) is 39.0 Å². The standard InChI is InChI=1S/C21H32ClN5O3/c1-2-27-13-16(30-14-15-7-4-3-5-8-15)11-18(27)20(29)26-17(19(28)12-22)9-6-10-25-21(23)24/h3-5,7-8,16-18H,2,6,9-14H2,1H3,(H,26,29)(H4,23,24,25)/t16-,17+,18+/m1/s1. The molecule has 166 valence electrons. The number of nitrogens with one attached hydrogen (secondary N) is 1. The molecule has 9 heteroatoms. The van der Waals surface area contributed by atoms with Crippen LogP contribution < -0.4 is 16.8 Å². The third-order valence-electron chi connectivity index (χ3n) is 5.18. The smallest absolute Gasteiger partial charge is 0.238 e. The Hall–Kier alpha value is -2.16. The Labute approximate surface area is 183 Å². The summed E-state index contributed by atoms with van der Waals surface area (Å²) in [5.41, 5.74) is 11.7. The Bertz CT molecular complexity index is 712. The van der Waals surface area contributed by atoms with Gasteiger partial charge in [0.15, 0.2) is 11.7 Å². The molecule has 0 aromatic heterocycles. The second-order valence-electron chi connectivity index (χ2n) is 7.37. The van der Waals surface area contributed by atoms with Crippen molar-refractivity contribution in [2.75, 3.05) is 25.5 Å². The van der Waals surface area contributed by atoms with E-state index in [2.05, 4.69) is 15.2 Å². The maximum absolute atomic E-state index is 12.9. The second-order valence-corrected chi connectivity index (χ2v) is 7.63. The number of rotatable bonds is 12. The largest absolute Gasteiger partial charge is 0.372 e. The van der Waals surface area contributed by atoms with Crippen LogP contribution >= 0.6 is 11.6 Å². The predicted octanol–water partition coefficient (Wildman–Crippen LogP) is 1.01. The first-order chi connectivity index (χ1) is 14.4. The molecular weight excluding hydrogens is 406 g/mol. The highest BCUT2D eigenvalue weighted by Gasteiger charge is 2.37. The van der Waals surface area contributed by atoms with Crippen LogP contribution in [0.2, 0.25) is 0 Å². The molecule has 1 aliphatic heterocycles. The minimum Gasteiger partial charge on any atom is -0.372 e. The number of halogens is 1. The first-order valence-electron chi connectivity index (χ1n) is 10.3. The number of Topliss-reactive ketones (excluding diaryl/α,β-unsaturated/α-hetero) is 1. The summed E-state index contributed by atoms with van der Waals surface area (Å²) in [5, 5.41) is 2.88. The molecule has 0 aliphatic carbocycles. The van der Waals surface area contributed by atoms with Gasteiger partial charge < -0.3 is 21.5 Å². The molecule has 0 bridgehead atoms. The van der Waals surface area contributed by atoms with Crippen LogP contribution in [0.1, 0.15) is 31.7 Å². The number of hydrogen-bond acceptors (Lipinski definition) is 5. The molecule has 1 aromatic carbocycles. The number of ketones is 1. The van der Waals surface area contributed by atoms with E-state index in [1.54, 1.807) is 0 Å². The maximum Gasteiger partial charge on any atom is 0.238 e. The number of likely N-dealkylation sites (N-methyl/N-ethyl adjacent to an activating group) is 1. The van der Waals surface area contributed by atoms with Gasteiger partial charge in [-0.15, -0.1) is 11.6 Å². The van der Waals surface area contributed by atoms with Crippen molar-refractivity contribution in [3.63, 3.8) is 0 Å². The Morgan fingerprint density at radius 1 is 1.33 bits per heavy atom. The van der Waals surface area contributed by atoms with E-state index in [0.717, 1.165) is 12.1 Å².